The molecule has 1 saturated heterocycles. The summed E-state index contributed by atoms with van der Waals surface area (Å²) in [7, 11) is -11.7. The van der Waals surface area contributed by atoms with Gasteiger partial charge in [-0.15, -0.1) is 0 Å². The first kappa shape index (κ1) is 31.3. The van der Waals surface area contributed by atoms with Crippen LogP contribution in [0.5, 0.6) is 0 Å². The molecule has 0 amide bonds. The van der Waals surface area contributed by atoms with Gasteiger partial charge < -0.3 is 30.0 Å². The van der Waals surface area contributed by atoms with Crippen LogP contribution in [0.4, 0.5) is 0 Å². The van der Waals surface area contributed by atoms with E-state index >= 15 is 0 Å². The highest BCUT2D eigenvalue weighted by Gasteiger charge is 2.74. The van der Waals surface area contributed by atoms with Crippen molar-refractivity contribution >= 4 is 37.0 Å². The van der Waals surface area contributed by atoms with Crippen LogP contribution in [0.1, 0.15) is 83.1 Å². The van der Waals surface area contributed by atoms with Gasteiger partial charge in [0.25, 0.3) is 0 Å². The fourth-order valence-corrected chi connectivity index (χ4v) is 17.6. The van der Waals surface area contributed by atoms with E-state index in [9.17, 15) is 0 Å². The van der Waals surface area contributed by atoms with Crippen molar-refractivity contribution in [1.29, 1.82) is 0 Å². The Balaban J connectivity index is 2.42. The quantitative estimate of drug-likeness (QED) is 0.423. The number of rotatable bonds is 6. The van der Waals surface area contributed by atoms with Crippen molar-refractivity contribution in [3.05, 3.63) is 60.7 Å². The summed E-state index contributed by atoms with van der Waals surface area (Å²) >= 11 is 0. The molecule has 0 spiro atoms. The van der Waals surface area contributed by atoms with Crippen LogP contribution >= 0.6 is 0 Å². The minimum absolute atomic E-state index is 0.661. The molecular formula is C28H46O7Si3. The number of hydrogen-bond acceptors (Lipinski definition) is 7. The molecule has 0 N–H and O–H groups in total. The highest BCUT2D eigenvalue weighted by atomic mass is 28.6. The lowest BCUT2D eigenvalue weighted by molar-refractivity contribution is -0.135. The van der Waals surface area contributed by atoms with Crippen LogP contribution in [-0.2, 0) is 30.0 Å². The SMILES string of the molecule is CC(C)(C)O[Si]1(OC(C)(C)C)O[Si](OC(C)(C)C)(OC(C)(C)C)O[Si](c2ccccc2)(c2ccccc2)O1. The molecule has 1 fully saturated rings. The molecule has 0 aliphatic carbocycles. The zero-order valence-electron chi connectivity index (χ0n) is 25.1. The first-order valence-corrected chi connectivity index (χ1v) is 18.3. The molecule has 2 aromatic rings. The molecule has 3 rings (SSSR count). The molecule has 0 bridgehead atoms. The molecule has 1 aliphatic heterocycles. The van der Waals surface area contributed by atoms with Gasteiger partial charge >= 0.3 is 26.7 Å². The molecule has 212 valence electrons. The molecule has 2 aromatic carbocycles. The largest absolute Gasteiger partial charge is 0.666 e. The van der Waals surface area contributed by atoms with E-state index in [4.69, 9.17) is 30.0 Å². The third kappa shape index (κ3) is 8.40. The number of benzene rings is 2. The lowest BCUT2D eigenvalue weighted by Gasteiger charge is -2.53. The van der Waals surface area contributed by atoms with Crippen molar-refractivity contribution in [2.24, 2.45) is 0 Å². The summed E-state index contributed by atoms with van der Waals surface area (Å²) in [6, 6.07) is 19.9. The van der Waals surface area contributed by atoms with Gasteiger partial charge in [0.2, 0.25) is 0 Å². The Morgan fingerprint density at radius 3 is 0.921 bits per heavy atom. The highest BCUT2D eigenvalue weighted by molar-refractivity contribution is 7.02. The van der Waals surface area contributed by atoms with Gasteiger partial charge in [-0.2, -0.15) is 0 Å². The maximum atomic E-state index is 7.13. The summed E-state index contributed by atoms with van der Waals surface area (Å²) in [6.07, 6.45) is 0. The van der Waals surface area contributed by atoms with E-state index in [0.29, 0.717) is 0 Å². The van der Waals surface area contributed by atoms with Gasteiger partial charge in [0.15, 0.2) is 0 Å². The van der Waals surface area contributed by atoms with Crippen LogP contribution < -0.4 is 10.4 Å². The van der Waals surface area contributed by atoms with Gasteiger partial charge in [0.05, 0.1) is 22.4 Å². The summed E-state index contributed by atoms with van der Waals surface area (Å²) in [4.78, 5) is 0. The molecule has 0 saturated carbocycles. The Kier molecular flexibility index (Phi) is 8.79. The molecule has 7 nitrogen and oxygen atoms in total. The second-order valence-electron chi connectivity index (χ2n) is 13.5. The fourth-order valence-electron chi connectivity index (χ4n) is 3.99. The second kappa shape index (κ2) is 10.7. The average Bonchev–Trinajstić information content (AvgIpc) is 2.68. The van der Waals surface area contributed by atoms with Crippen LogP contribution in [0.25, 0.3) is 0 Å². The third-order valence-electron chi connectivity index (χ3n) is 4.82. The monoisotopic (exact) mass is 578 g/mol. The Labute approximate surface area is 232 Å². The number of hydrogen-bond donors (Lipinski definition) is 0. The van der Waals surface area contributed by atoms with Crippen molar-refractivity contribution in [3.63, 3.8) is 0 Å². The van der Waals surface area contributed by atoms with Crippen molar-refractivity contribution in [1.82, 2.24) is 0 Å². The van der Waals surface area contributed by atoms with Crippen molar-refractivity contribution in [2.75, 3.05) is 0 Å². The van der Waals surface area contributed by atoms with Gasteiger partial charge in [0, 0.05) is 0 Å². The average molecular weight is 579 g/mol. The Morgan fingerprint density at radius 2 is 0.684 bits per heavy atom. The predicted octanol–water partition coefficient (Wildman–Crippen LogP) is 5.44. The molecule has 0 unspecified atom stereocenters. The van der Waals surface area contributed by atoms with Crippen molar-refractivity contribution in [3.8, 4) is 0 Å². The van der Waals surface area contributed by atoms with E-state index < -0.39 is 49.1 Å². The molecule has 38 heavy (non-hydrogen) atoms. The minimum atomic E-state index is -4.04. The zero-order chi connectivity index (χ0) is 28.7. The lowest BCUT2D eigenvalue weighted by atomic mass is 10.2. The normalized spacial score (nSPS) is 19.8. The van der Waals surface area contributed by atoms with Gasteiger partial charge in [-0.05, 0) is 93.5 Å². The maximum absolute atomic E-state index is 7.13. The molecule has 0 aromatic heterocycles. The van der Waals surface area contributed by atoms with Crippen LogP contribution in [0.15, 0.2) is 60.7 Å². The van der Waals surface area contributed by atoms with Crippen LogP contribution in [0, 0.1) is 0 Å². The van der Waals surface area contributed by atoms with Crippen molar-refractivity contribution in [2.45, 2.75) is 105 Å². The standard InChI is InChI=1S/C28H46O7Si3/c1-25(2,3)29-37(30-26(4,5)6)33-36(23-19-15-13-16-20-23,24-21-17-14-18-22-24)34-38(35-37,31-27(7,8)9)32-28(10,11)12/h13-22H,1-12H3. The van der Waals surface area contributed by atoms with E-state index in [1.54, 1.807) is 0 Å². The van der Waals surface area contributed by atoms with Gasteiger partial charge in [-0.1, -0.05) is 60.7 Å². The van der Waals surface area contributed by atoms with Gasteiger partial charge in [-0.25, -0.2) is 0 Å². The topological polar surface area (TPSA) is 64.6 Å². The molecule has 0 atom stereocenters. The summed E-state index contributed by atoms with van der Waals surface area (Å²) < 4.78 is 48.0. The molecular weight excluding hydrogens is 533 g/mol. The van der Waals surface area contributed by atoms with Gasteiger partial charge in [0.1, 0.15) is 0 Å². The fraction of sp³-hybridized carbons (Fsp3) is 0.571. The summed E-state index contributed by atoms with van der Waals surface area (Å²) in [5.41, 5.74) is -2.64. The smallest absolute Gasteiger partial charge is 0.364 e. The second-order valence-corrected chi connectivity index (χ2v) is 21.2. The van der Waals surface area contributed by atoms with Crippen LogP contribution in [0.2, 0.25) is 0 Å². The van der Waals surface area contributed by atoms with Crippen molar-refractivity contribution < 1.29 is 30.0 Å². The Bertz CT molecular complexity index is 935. The third-order valence-corrected chi connectivity index (χ3v) is 16.8. The maximum Gasteiger partial charge on any atom is 0.666 e. The van der Waals surface area contributed by atoms with Crippen LogP contribution in [0.3, 0.4) is 0 Å². The minimum Gasteiger partial charge on any atom is -0.364 e. The molecule has 10 heteroatoms. The van der Waals surface area contributed by atoms with E-state index in [1.165, 1.54) is 0 Å². The Morgan fingerprint density at radius 1 is 0.421 bits per heavy atom. The Hall–Kier alpha value is -1.19. The first-order chi connectivity index (χ1) is 17.2. The lowest BCUT2D eigenvalue weighted by Crippen LogP contribution is -2.83. The van der Waals surface area contributed by atoms with E-state index in [1.807, 2.05) is 144 Å². The first-order valence-electron chi connectivity index (χ1n) is 13.2. The summed E-state index contributed by atoms with van der Waals surface area (Å²) in [6.45, 7) is 23.5. The van der Waals surface area contributed by atoms with E-state index in [2.05, 4.69) is 0 Å². The zero-order valence-corrected chi connectivity index (χ0v) is 28.1. The molecule has 0 radical (unpaired) electrons. The summed E-state index contributed by atoms with van der Waals surface area (Å²) in [5, 5.41) is 1.77. The highest BCUT2D eigenvalue weighted by Crippen LogP contribution is 2.40. The van der Waals surface area contributed by atoms with E-state index in [0.717, 1.165) is 10.4 Å². The molecule has 1 aliphatic rings. The predicted molar refractivity (Wildman–Crippen MR) is 156 cm³/mol. The molecule has 1 heterocycles. The van der Waals surface area contributed by atoms with E-state index in [-0.39, 0.29) is 0 Å². The summed E-state index contributed by atoms with van der Waals surface area (Å²) in [5.74, 6) is 0. The van der Waals surface area contributed by atoms with Crippen LogP contribution in [-0.4, -0.2) is 49.1 Å². The van der Waals surface area contributed by atoms with Gasteiger partial charge in [-0.3, -0.25) is 0 Å².